The van der Waals surface area contributed by atoms with Gasteiger partial charge in [0.15, 0.2) is 5.82 Å². The van der Waals surface area contributed by atoms with Gasteiger partial charge in [0.1, 0.15) is 12.4 Å². The van der Waals surface area contributed by atoms with E-state index in [9.17, 15) is 4.79 Å². The smallest absolute Gasteiger partial charge is 0.253 e. The highest BCUT2D eigenvalue weighted by Crippen LogP contribution is 2.19. The van der Waals surface area contributed by atoms with Crippen LogP contribution in [0.2, 0.25) is 0 Å². The predicted octanol–water partition coefficient (Wildman–Crippen LogP) is 3.42. The van der Waals surface area contributed by atoms with Gasteiger partial charge in [0.05, 0.1) is 18.0 Å². The number of nitrogens with one attached hydrogen (secondary N) is 1. The molecule has 148 valence electrons. The first-order valence-electron chi connectivity index (χ1n) is 9.35. The van der Waals surface area contributed by atoms with Gasteiger partial charge in [0.2, 0.25) is 5.16 Å². The zero-order valence-electron chi connectivity index (χ0n) is 16.0. The van der Waals surface area contributed by atoms with Crippen molar-refractivity contribution < 1.29 is 9.53 Å². The SMILES string of the molecule is Cc1ccccc1OCc1nc(SCC(=O)N2CCC(c3ccccc3)=N2)n[nH]1. The second kappa shape index (κ2) is 8.91. The molecule has 0 atom stereocenters. The van der Waals surface area contributed by atoms with Crippen LogP contribution in [0.1, 0.15) is 23.4 Å². The minimum Gasteiger partial charge on any atom is -0.485 e. The third-order valence-electron chi connectivity index (χ3n) is 4.49. The molecule has 1 amide bonds. The monoisotopic (exact) mass is 407 g/mol. The van der Waals surface area contributed by atoms with Crippen LogP contribution in [0.5, 0.6) is 5.75 Å². The average molecular weight is 407 g/mol. The van der Waals surface area contributed by atoms with Gasteiger partial charge in [-0.3, -0.25) is 9.89 Å². The Kier molecular flexibility index (Phi) is 5.90. The number of para-hydroxylation sites is 1. The lowest BCUT2D eigenvalue weighted by molar-refractivity contribution is -0.127. The highest BCUT2D eigenvalue weighted by molar-refractivity contribution is 7.99. The molecule has 0 fully saturated rings. The number of carbonyl (C=O) groups excluding carboxylic acids is 1. The third kappa shape index (κ3) is 4.83. The quantitative estimate of drug-likeness (QED) is 0.607. The summed E-state index contributed by atoms with van der Waals surface area (Å²) in [5.41, 5.74) is 3.06. The van der Waals surface area contributed by atoms with Crippen molar-refractivity contribution in [3.63, 3.8) is 0 Å². The zero-order valence-corrected chi connectivity index (χ0v) is 16.9. The number of aromatic nitrogens is 3. The minimum atomic E-state index is -0.0524. The number of carbonyl (C=O) groups is 1. The maximum atomic E-state index is 12.5. The number of hydrogen-bond acceptors (Lipinski definition) is 6. The fraction of sp³-hybridized carbons (Fsp3) is 0.238. The summed E-state index contributed by atoms with van der Waals surface area (Å²) in [6.45, 7) is 2.89. The van der Waals surface area contributed by atoms with Crippen molar-refractivity contribution in [2.45, 2.75) is 25.1 Å². The number of amides is 1. The first-order chi connectivity index (χ1) is 14.2. The number of H-pyrrole nitrogens is 1. The Hall–Kier alpha value is -3.13. The molecule has 0 saturated carbocycles. The molecule has 0 saturated heterocycles. The number of hydrogen-bond donors (Lipinski definition) is 1. The molecular weight excluding hydrogens is 386 g/mol. The van der Waals surface area contributed by atoms with Gasteiger partial charge in [-0.1, -0.05) is 60.3 Å². The average Bonchev–Trinajstić information content (AvgIpc) is 3.42. The van der Waals surface area contributed by atoms with Gasteiger partial charge in [-0.15, -0.1) is 5.10 Å². The van der Waals surface area contributed by atoms with E-state index in [4.69, 9.17) is 4.74 Å². The van der Waals surface area contributed by atoms with Crippen molar-refractivity contribution in [3.8, 4) is 5.75 Å². The fourth-order valence-corrected chi connectivity index (χ4v) is 3.63. The molecule has 0 spiro atoms. The Labute approximate surface area is 173 Å². The van der Waals surface area contributed by atoms with E-state index in [-0.39, 0.29) is 11.7 Å². The van der Waals surface area contributed by atoms with Crippen molar-refractivity contribution in [3.05, 3.63) is 71.5 Å². The first kappa shape index (κ1) is 19.2. The van der Waals surface area contributed by atoms with Gasteiger partial charge in [-0.2, -0.15) is 5.10 Å². The lowest BCUT2D eigenvalue weighted by atomic mass is 10.1. The van der Waals surface area contributed by atoms with Crippen LogP contribution in [0.3, 0.4) is 0 Å². The summed E-state index contributed by atoms with van der Waals surface area (Å²) in [7, 11) is 0. The van der Waals surface area contributed by atoms with E-state index in [1.807, 2.05) is 61.5 Å². The summed E-state index contributed by atoms with van der Waals surface area (Å²) in [6, 6.07) is 17.7. The summed E-state index contributed by atoms with van der Waals surface area (Å²) < 4.78 is 5.76. The second-order valence-electron chi connectivity index (χ2n) is 6.59. The van der Waals surface area contributed by atoms with E-state index < -0.39 is 0 Å². The molecule has 29 heavy (non-hydrogen) atoms. The fourth-order valence-electron chi connectivity index (χ4n) is 2.94. The normalized spacial score (nSPS) is 13.4. The first-order valence-corrected chi connectivity index (χ1v) is 10.3. The van der Waals surface area contributed by atoms with E-state index in [0.29, 0.717) is 24.1 Å². The van der Waals surface area contributed by atoms with Gasteiger partial charge in [0, 0.05) is 6.42 Å². The lowest BCUT2D eigenvalue weighted by Crippen LogP contribution is -2.25. The van der Waals surface area contributed by atoms with Crippen LogP contribution in [0.4, 0.5) is 0 Å². The number of benzene rings is 2. The van der Waals surface area contributed by atoms with Crippen molar-refractivity contribution in [2.24, 2.45) is 5.10 Å². The van der Waals surface area contributed by atoms with Crippen LogP contribution in [0, 0.1) is 6.92 Å². The summed E-state index contributed by atoms with van der Waals surface area (Å²) in [4.78, 5) is 16.8. The molecule has 8 heteroatoms. The summed E-state index contributed by atoms with van der Waals surface area (Å²) in [5.74, 6) is 1.62. The lowest BCUT2D eigenvalue weighted by Gasteiger charge is -2.09. The number of nitrogens with zero attached hydrogens (tertiary/aromatic N) is 4. The third-order valence-corrected chi connectivity index (χ3v) is 5.32. The van der Waals surface area contributed by atoms with Crippen LogP contribution in [-0.2, 0) is 11.4 Å². The van der Waals surface area contributed by atoms with E-state index in [1.165, 1.54) is 16.8 Å². The molecular formula is C21H21N5O2S. The van der Waals surface area contributed by atoms with Crippen LogP contribution in [0.15, 0.2) is 64.9 Å². The van der Waals surface area contributed by atoms with Crippen LogP contribution >= 0.6 is 11.8 Å². The van der Waals surface area contributed by atoms with E-state index in [2.05, 4.69) is 20.3 Å². The molecule has 1 N–H and O–H groups in total. The summed E-state index contributed by atoms with van der Waals surface area (Å²) in [5, 5.41) is 13.5. The van der Waals surface area contributed by atoms with Gasteiger partial charge < -0.3 is 4.74 Å². The van der Waals surface area contributed by atoms with Crippen LogP contribution in [-0.4, -0.2) is 44.1 Å². The molecule has 0 aliphatic carbocycles. The summed E-state index contributed by atoms with van der Waals surface area (Å²) >= 11 is 1.29. The van der Waals surface area contributed by atoms with Gasteiger partial charge >= 0.3 is 0 Å². The molecule has 3 aromatic rings. The van der Waals surface area contributed by atoms with Crippen molar-refractivity contribution in [2.75, 3.05) is 12.3 Å². The molecule has 2 heterocycles. The topological polar surface area (TPSA) is 83.5 Å². The minimum absolute atomic E-state index is 0.0524. The molecule has 0 unspecified atom stereocenters. The Balaban J connectivity index is 1.28. The van der Waals surface area contributed by atoms with Crippen molar-refractivity contribution in [1.82, 2.24) is 20.2 Å². The molecule has 1 aromatic heterocycles. The number of thioether (sulfide) groups is 1. The standard InChI is InChI=1S/C21H21N5O2S/c1-15-7-5-6-10-18(15)28-13-19-22-21(24-23-19)29-14-20(27)26-12-11-17(25-26)16-8-3-2-4-9-16/h2-10H,11-14H2,1H3,(H,22,23,24). The number of aryl methyl sites for hydroxylation is 1. The Bertz CT molecular complexity index is 1020. The second-order valence-corrected chi connectivity index (χ2v) is 7.53. The highest BCUT2D eigenvalue weighted by atomic mass is 32.2. The molecule has 0 bridgehead atoms. The molecule has 0 radical (unpaired) electrons. The van der Waals surface area contributed by atoms with Crippen LogP contribution in [0.25, 0.3) is 0 Å². The van der Waals surface area contributed by atoms with Crippen molar-refractivity contribution >= 4 is 23.4 Å². The molecule has 1 aliphatic rings. The largest absolute Gasteiger partial charge is 0.485 e. The molecule has 1 aliphatic heterocycles. The molecule has 7 nitrogen and oxygen atoms in total. The molecule has 4 rings (SSSR count). The number of rotatable bonds is 7. The zero-order chi connectivity index (χ0) is 20.1. The van der Waals surface area contributed by atoms with E-state index in [1.54, 1.807) is 0 Å². The maximum Gasteiger partial charge on any atom is 0.253 e. The molecule has 2 aromatic carbocycles. The van der Waals surface area contributed by atoms with Crippen molar-refractivity contribution in [1.29, 1.82) is 0 Å². The Morgan fingerprint density at radius 1 is 1.17 bits per heavy atom. The number of aromatic amines is 1. The maximum absolute atomic E-state index is 12.5. The Morgan fingerprint density at radius 3 is 2.79 bits per heavy atom. The summed E-state index contributed by atoms with van der Waals surface area (Å²) in [6.07, 6.45) is 0.765. The Morgan fingerprint density at radius 2 is 1.97 bits per heavy atom. The highest BCUT2D eigenvalue weighted by Gasteiger charge is 2.22. The van der Waals surface area contributed by atoms with E-state index >= 15 is 0 Å². The number of hydrazone groups is 1. The predicted molar refractivity (Wildman–Crippen MR) is 112 cm³/mol. The number of ether oxygens (including phenoxy) is 1. The van der Waals surface area contributed by atoms with Gasteiger partial charge in [-0.05, 0) is 24.1 Å². The van der Waals surface area contributed by atoms with Gasteiger partial charge in [-0.25, -0.2) is 9.99 Å². The van der Waals surface area contributed by atoms with Crippen LogP contribution < -0.4 is 4.74 Å². The van der Waals surface area contributed by atoms with E-state index in [0.717, 1.165) is 29.0 Å². The van der Waals surface area contributed by atoms with Gasteiger partial charge in [0.25, 0.3) is 5.91 Å².